The third-order valence-electron chi connectivity index (χ3n) is 4.39. The Morgan fingerprint density at radius 2 is 1.90 bits per heavy atom. The van der Waals surface area contributed by atoms with E-state index < -0.39 is 5.97 Å². The van der Waals surface area contributed by atoms with E-state index in [9.17, 15) is 4.79 Å². The highest BCUT2D eigenvalue weighted by Gasteiger charge is 2.15. The van der Waals surface area contributed by atoms with Gasteiger partial charge in [0.2, 0.25) is 0 Å². The summed E-state index contributed by atoms with van der Waals surface area (Å²) in [5.41, 5.74) is 3.38. The van der Waals surface area contributed by atoms with Crippen LogP contribution in [0.2, 0.25) is 0 Å². The molecule has 0 amide bonds. The van der Waals surface area contributed by atoms with Gasteiger partial charge in [-0.1, -0.05) is 25.1 Å². The van der Waals surface area contributed by atoms with Gasteiger partial charge in [0.05, 0.1) is 19.9 Å². The molecule has 29 heavy (non-hydrogen) atoms. The van der Waals surface area contributed by atoms with Crippen molar-refractivity contribution >= 4 is 35.9 Å². The topological polar surface area (TPSA) is 98.0 Å². The van der Waals surface area contributed by atoms with Gasteiger partial charge in [-0.05, 0) is 24.1 Å². The number of carbonyl (C=O) groups is 1. The van der Waals surface area contributed by atoms with Crippen LogP contribution >= 0.6 is 24.0 Å². The molecular weight excluding hydrogens is 487 g/mol. The molecule has 160 valence electrons. The molecule has 0 spiro atoms. The Kier molecular flexibility index (Phi) is 10.5. The molecule has 2 aromatic rings. The highest BCUT2D eigenvalue weighted by atomic mass is 127. The second-order valence-corrected chi connectivity index (χ2v) is 6.04. The summed E-state index contributed by atoms with van der Waals surface area (Å²) in [5.74, 6) is 1.59. The number of aliphatic imine (C=N–C) groups is 1. The number of carbonyl (C=O) groups excluding carboxylic acids is 1. The van der Waals surface area contributed by atoms with Crippen molar-refractivity contribution in [2.75, 3.05) is 21.3 Å². The molecule has 9 heteroatoms. The number of hydrogen-bond donors (Lipinski definition) is 2. The molecule has 0 aliphatic rings. The van der Waals surface area contributed by atoms with Crippen molar-refractivity contribution in [1.29, 1.82) is 0 Å². The van der Waals surface area contributed by atoms with E-state index in [1.54, 1.807) is 19.2 Å². The molecule has 0 saturated heterocycles. The standard InChI is InChI=1S/C20H28N4O4.HI/c1-6-16-15(17(7-2)28-24-16)12-23-20(21-3)22-11-13-8-9-14(19(25)27-5)18(10-13)26-4;/h8-10H,6-7,11-12H2,1-5H3,(H2,21,22,23);1H. The molecule has 0 bridgehead atoms. The Balaban J connectivity index is 0.00000420. The lowest BCUT2D eigenvalue weighted by Crippen LogP contribution is -2.36. The maximum atomic E-state index is 11.8. The summed E-state index contributed by atoms with van der Waals surface area (Å²) in [7, 11) is 4.58. The van der Waals surface area contributed by atoms with Gasteiger partial charge in [-0.3, -0.25) is 4.99 Å². The molecule has 1 aromatic heterocycles. The van der Waals surface area contributed by atoms with Crippen LogP contribution in [0.1, 0.15) is 46.8 Å². The van der Waals surface area contributed by atoms with Gasteiger partial charge in [0.25, 0.3) is 0 Å². The van der Waals surface area contributed by atoms with E-state index in [1.165, 1.54) is 14.2 Å². The largest absolute Gasteiger partial charge is 0.496 e. The summed E-state index contributed by atoms with van der Waals surface area (Å²) in [6.45, 7) is 5.20. The quantitative estimate of drug-likeness (QED) is 0.241. The first-order valence-corrected chi connectivity index (χ1v) is 9.23. The van der Waals surface area contributed by atoms with Crippen LogP contribution in [0.3, 0.4) is 0 Å². The van der Waals surface area contributed by atoms with Crippen molar-refractivity contribution in [2.24, 2.45) is 4.99 Å². The summed E-state index contributed by atoms with van der Waals surface area (Å²) in [4.78, 5) is 16.0. The Hall–Kier alpha value is -2.30. The number of methoxy groups -OCH3 is 2. The zero-order chi connectivity index (χ0) is 20.5. The summed E-state index contributed by atoms with van der Waals surface area (Å²) >= 11 is 0. The lowest BCUT2D eigenvalue weighted by Gasteiger charge is -2.13. The second kappa shape index (κ2) is 12.3. The van der Waals surface area contributed by atoms with Gasteiger partial charge < -0.3 is 24.6 Å². The lowest BCUT2D eigenvalue weighted by molar-refractivity contribution is 0.0597. The minimum atomic E-state index is -0.430. The first kappa shape index (κ1) is 24.7. The molecule has 0 unspecified atom stereocenters. The van der Waals surface area contributed by atoms with Crippen molar-refractivity contribution in [3.05, 3.63) is 46.3 Å². The number of guanidine groups is 1. The number of halogens is 1. The van der Waals surface area contributed by atoms with Gasteiger partial charge in [0.1, 0.15) is 17.1 Å². The third kappa shape index (κ3) is 6.34. The Morgan fingerprint density at radius 1 is 1.17 bits per heavy atom. The number of ether oxygens (including phenoxy) is 2. The van der Waals surface area contributed by atoms with Crippen LogP contribution in [-0.4, -0.2) is 38.4 Å². The number of nitrogens with one attached hydrogen (secondary N) is 2. The van der Waals surface area contributed by atoms with E-state index in [4.69, 9.17) is 14.0 Å². The van der Waals surface area contributed by atoms with Crippen molar-refractivity contribution in [3.8, 4) is 5.75 Å². The third-order valence-corrected chi connectivity index (χ3v) is 4.39. The first-order chi connectivity index (χ1) is 13.6. The van der Waals surface area contributed by atoms with Crippen molar-refractivity contribution in [3.63, 3.8) is 0 Å². The van der Waals surface area contributed by atoms with E-state index in [2.05, 4.69) is 27.7 Å². The van der Waals surface area contributed by atoms with E-state index in [-0.39, 0.29) is 24.0 Å². The molecule has 0 fully saturated rings. The SMILES string of the molecule is CCc1noc(CC)c1CNC(=NC)NCc1ccc(C(=O)OC)c(OC)c1.I. The van der Waals surface area contributed by atoms with Crippen LogP contribution in [0.25, 0.3) is 0 Å². The molecule has 1 heterocycles. The van der Waals surface area contributed by atoms with Gasteiger partial charge >= 0.3 is 5.97 Å². The van der Waals surface area contributed by atoms with E-state index >= 15 is 0 Å². The molecular formula is C20H29IN4O4. The van der Waals surface area contributed by atoms with Gasteiger partial charge in [-0.2, -0.15) is 0 Å². The summed E-state index contributed by atoms with van der Waals surface area (Å²) in [6, 6.07) is 5.34. The monoisotopic (exact) mass is 516 g/mol. The Labute approximate surface area is 188 Å². The average Bonchev–Trinajstić information content (AvgIpc) is 3.14. The zero-order valence-electron chi connectivity index (χ0n) is 17.5. The van der Waals surface area contributed by atoms with Crippen LogP contribution in [0.5, 0.6) is 5.75 Å². The molecule has 2 rings (SSSR count). The van der Waals surface area contributed by atoms with Gasteiger partial charge in [-0.15, -0.1) is 24.0 Å². The van der Waals surface area contributed by atoms with Crippen LogP contribution in [-0.2, 0) is 30.7 Å². The minimum absolute atomic E-state index is 0. The number of aryl methyl sites for hydroxylation is 2. The summed E-state index contributed by atoms with van der Waals surface area (Å²) in [5, 5.41) is 10.7. The summed E-state index contributed by atoms with van der Waals surface area (Å²) < 4.78 is 15.5. The molecule has 0 aliphatic heterocycles. The number of rotatable bonds is 8. The first-order valence-electron chi connectivity index (χ1n) is 9.23. The number of esters is 1. The van der Waals surface area contributed by atoms with Crippen LogP contribution in [0.15, 0.2) is 27.7 Å². The van der Waals surface area contributed by atoms with Crippen molar-refractivity contribution in [1.82, 2.24) is 15.8 Å². The summed E-state index contributed by atoms with van der Waals surface area (Å²) in [6.07, 6.45) is 1.61. The fourth-order valence-electron chi connectivity index (χ4n) is 2.84. The van der Waals surface area contributed by atoms with E-state index in [0.29, 0.717) is 30.4 Å². The van der Waals surface area contributed by atoms with Crippen LogP contribution in [0, 0.1) is 0 Å². The fraction of sp³-hybridized carbons (Fsp3) is 0.450. The molecule has 0 atom stereocenters. The highest BCUT2D eigenvalue weighted by Crippen LogP contribution is 2.21. The van der Waals surface area contributed by atoms with Gasteiger partial charge in [-0.25, -0.2) is 4.79 Å². The Morgan fingerprint density at radius 3 is 2.48 bits per heavy atom. The molecule has 2 N–H and O–H groups in total. The molecule has 0 aliphatic carbocycles. The predicted molar refractivity (Wildman–Crippen MR) is 122 cm³/mol. The minimum Gasteiger partial charge on any atom is -0.496 e. The molecule has 1 aromatic carbocycles. The zero-order valence-corrected chi connectivity index (χ0v) is 19.8. The Bertz CT molecular complexity index is 814. The van der Waals surface area contributed by atoms with E-state index in [0.717, 1.165) is 35.4 Å². The maximum absolute atomic E-state index is 11.8. The number of hydrogen-bond acceptors (Lipinski definition) is 6. The van der Waals surface area contributed by atoms with Gasteiger partial charge in [0.15, 0.2) is 5.96 Å². The van der Waals surface area contributed by atoms with Crippen LogP contribution < -0.4 is 15.4 Å². The lowest BCUT2D eigenvalue weighted by atomic mass is 10.1. The van der Waals surface area contributed by atoms with Gasteiger partial charge in [0, 0.05) is 32.1 Å². The smallest absolute Gasteiger partial charge is 0.341 e. The fourth-order valence-corrected chi connectivity index (χ4v) is 2.84. The number of nitrogens with zero attached hydrogens (tertiary/aromatic N) is 2. The number of aromatic nitrogens is 1. The van der Waals surface area contributed by atoms with Crippen molar-refractivity contribution < 1.29 is 18.8 Å². The van der Waals surface area contributed by atoms with Crippen molar-refractivity contribution in [2.45, 2.75) is 39.8 Å². The number of benzene rings is 1. The molecule has 0 radical (unpaired) electrons. The second-order valence-electron chi connectivity index (χ2n) is 6.04. The maximum Gasteiger partial charge on any atom is 0.341 e. The van der Waals surface area contributed by atoms with Crippen LogP contribution in [0.4, 0.5) is 0 Å². The molecule has 8 nitrogen and oxygen atoms in total. The normalized spacial score (nSPS) is 10.9. The van der Waals surface area contributed by atoms with E-state index in [1.807, 2.05) is 13.0 Å². The molecule has 0 saturated carbocycles. The highest BCUT2D eigenvalue weighted by molar-refractivity contribution is 14.0. The predicted octanol–water partition coefficient (Wildman–Crippen LogP) is 3.08. The average molecular weight is 516 g/mol.